The Morgan fingerprint density at radius 2 is 2.00 bits per heavy atom. The molecule has 176 valence electrons. The zero-order chi connectivity index (χ0) is 24.1. The van der Waals surface area contributed by atoms with Crippen LogP contribution in [-0.2, 0) is 11.8 Å². The number of amidine groups is 1. The second-order valence-corrected chi connectivity index (χ2v) is 7.13. The Balaban J connectivity index is 0.000000210. The van der Waals surface area contributed by atoms with Gasteiger partial charge < -0.3 is 25.1 Å². The first-order chi connectivity index (χ1) is 15.9. The van der Waals surface area contributed by atoms with Crippen molar-refractivity contribution >= 4 is 17.6 Å². The fourth-order valence-corrected chi connectivity index (χ4v) is 2.77. The van der Waals surface area contributed by atoms with Crippen LogP contribution in [0.3, 0.4) is 0 Å². The Kier molecular flexibility index (Phi) is 10.5. The molecule has 0 amide bonds. The van der Waals surface area contributed by atoms with Gasteiger partial charge in [-0.25, -0.2) is 9.37 Å². The third-order valence-electron chi connectivity index (χ3n) is 4.29. The Morgan fingerprint density at radius 3 is 2.55 bits per heavy atom. The van der Waals surface area contributed by atoms with Gasteiger partial charge in [0.1, 0.15) is 18.2 Å². The number of nitrogens with zero attached hydrogens (tertiary/aromatic N) is 3. The van der Waals surface area contributed by atoms with Gasteiger partial charge in [-0.1, -0.05) is 12.1 Å². The molecule has 0 saturated carbocycles. The van der Waals surface area contributed by atoms with E-state index >= 15 is 0 Å². The van der Waals surface area contributed by atoms with E-state index in [0.717, 1.165) is 35.1 Å². The van der Waals surface area contributed by atoms with Crippen molar-refractivity contribution in [3.63, 3.8) is 0 Å². The molecule has 3 aromatic rings. The zero-order valence-electron chi connectivity index (χ0n) is 19.6. The molecule has 33 heavy (non-hydrogen) atoms. The lowest BCUT2D eigenvalue weighted by molar-refractivity contribution is 0.232. The average Bonchev–Trinajstić information content (AvgIpc) is 3.21. The van der Waals surface area contributed by atoms with Crippen molar-refractivity contribution in [1.29, 1.82) is 0 Å². The van der Waals surface area contributed by atoms with Crippen LogP contribution in [0, 0.1) is 12.7 Å². The number of hydrogen-bond acceptors (Lipinski definition) is 6. The van der Waals surface area contributed by atoms with Crippen molar-refractivity contribution in [2.24, 2.45) is 12.0 Å². The lowest BCUT2D eigenvalue weighted by Gasteiger charge is -2.18. The number of rotatable bonds is 3. The van der Waals surface area contributed by atoms with Crippen LogP contribution in [0.1, 0.15) is 18.2 Å². The highest BCUT2D eigenvalue weighted by Crippen LogP contribution is 2.17. The average molecular weight is 454 g/mol. The van der Waals surface area contributed by atoms with Gasteiger partial charge in [0, 0.05) is 25.5 Å². The topological polar surface area (TPSA) is 86.7 Å². The van der Waals surface area contributed by atoms with E-state index in [1.807, 2.05) is 62.0 Å². The van der Waals surface area contributed by atoms with Crippen LogP contribution in [0.25, 0.3) is 6.08 Å². The highest BCUT2D eigenvalue weighted by Gasteiger charge is 2.12. The Morgan fingerprint density at radius 1 is 1.24 bits per heavy atom. The second-order valence-electron chi connectivity index (χ2n) is 7.13. The summed E-state index contributed by atoms with van der Waals surface area (Å²) in [6.07, 6.45) is 5.73. The highest BCUT2D eigenvalue weighted by molar-refractivity contribution is 6.00. The fraction of sp³-hybridized carbons (Fsp3) is 0.280. The van der Waals surface area contributed by atoms with E-state index in [-0.39, 0.29) is 5.82 Å². The summed E-state index contributed by atoms with van der Waals surface area (Å²) >= 11 is 0. The maximum absolute atomic E-state index is 12.0. The number of aryl methyl sites for hydroxylation is 2. The van der Waals surface area contributed by atoms with Gasteiger partial charge in [-0.2, -0.15) is 0 Å². The van der Waals surface area contributed by atoms with Crippen LogP contribution < -0.4 is 15.8 Å². The Hall–Kier alpha value is -3.81. The maximum Gasteiger partial charge on any atom is 0.164 e. The van der Waals surface area contributed by atoms with Crippen LogP contribution >= 0.6 is 0 Å². The number of likely N-dealkylation sites (N-methyl/N-ethyl adjacent to an activating group) is 1. The second kappa shape index (κ2) is 13.6. The van der Waals surface area contributed by atoms with Crippen molar-refractivity contribution in [2.45, 2.75) is 13.8 Å². The summed E-state index contributed by atoms with van der Waals surface area (Å²) in [7, 11) is 3.62. The molecule has 0 aliphatic carbocycles. The smallest absolute Gasteiger partial charge is 0.164 e. The van der Waals surface area contributed by atoms with E-state index in [1.165, 1.54) is 24.3 Å². The highest BCUT2D eigenvalue weighted by atomic mass is 19.1. The summed E-state index contributed by atoms with van der Waals surface area (Å²) in [5.41, 5.74) is 7.96. The third-order valence-corrected chi connectivity index (χ3v) is 4.29. The molecule has 8 heteroatoms. The minimum Gasteiger partial charge on any atom is -0.497 e. The van der Waals surface area contributed by atoms with E-state index in [0.29, 0.717) is 18.8 Å². The van der Waals surface area contributed by atoms with E-state index in [2.05, 4.69) is 15.3 Å². The summed E-state index contributed by atoms with van der Waals surface area (Å²) in [6, 6.07) is 13.6. The van der Waals surface area contributed by atoms with Crippen molar-refractivity contribution in [1.82, 2.24) is 14.9 Å². The monoisotopic (exact) mass is 453 g/mol. The quantitative estimate of drug-likeness (QED) is 0.580. The van der Waals surface area contributed by atoms with Crippen LogP contribution in [0.4, 0.5) is 10.1 Å². The number of nitrogens with one attached hydrogen (secondary N) is 1. The molecule has 0 radical (unpaired) electrons. The number of benzene rings is 2. The Labute approximate surface area is 194 Å². The van der Waals surface area contributed by atoms with Crippen LogP contribution in [0.2, 0.25) is 0 Å². The molecular weight excluding hydrogens is 421 g/mol. The number of halogens is 1. The third kappa shape index (κ3) is 9.47. The zero-order valence-corrected chi connectivity index (χ0v) is 19.6. The van der Waals surface area contributed by atoms with Gasteiger partial charge in [-0.05, 0) is 61.9 Å². The minimum atomic E-state index is -0.251. The van der Waals surface area contributed by atoms with Gasteiger partial charge in [-0.15, -0.1) is 0 Å². The van der Waals surface area contributed by atoms with Crippen LogP contribution in [0.5, 0.6) is 5.75 Å². The number of nitrogens with two attached hydrogens (primary N) is 1. The van der Waals surface area contributed by atoms with E-state index in [9.17, 15) is 4.39 Å². The molecule has 4 rings (SSSR count). The van der Waals surface area contributed by atoms with Gasteiger partial charge in [-0.3, -0.25) is 4.99 Å². The first-order valence-corrected chi connectivity index (χ1v) is 10.6. The van der Waals surface area contributed by atoms with Gasteiger partial charge in [0.25, 0.3) is 0 Å². The van der Waals surface area contributed by atoms with Gasteiger partial charge >= 0.3 is 0 Å². The predicted octanol–water partition coefficient (Wildman–Crippen LogP) is 4.21. The van der Waals surface area contributed by atoms with Crippen molar-refractivity contribution in [3.8, 4) is 5.75 Å². The summed E-state index contributed by atoms with van der Waals surface area (Å²) < 4.78 is 24.8. The lowest BCUT2D eigenvalue weighted by Crippen LogP contribution is -2.30. The van der Waals surface area contributed by atoms with Gasteiger partial charge in [0.05, 0.1) is 25.7 Å². The number of aromatic nitrogens is 2. The van der Waals surface area contributed by atoms with Crippen molar-refractivity contribution < 1.29 is 13.9 Å². The predicted molar refractivity (Wildman–Crippen MR) is 132 cm³/mol. The summed E-state index contributed by atoms with van der Waals surface area (Å²) in [5, 5.41) is 3.21. The number of anilines is 1. The normalized spacial score (nSPS) is 13.5. The molecule has 0 atom stereocenters. The molecule has 1 aromatic heterocycles. The number of nitrogen functional groups attached to an aromatic ring is 1. The van der Waals surface area contributed by atoms with Crippen LogP contribution in [-0.4, -0.2) is 42.2 Å². The first-order valence-electron chi connectivity index (χ1n) is 10.6. The first kappa shape index (κ1) is 25.5. The number of hydrogen-bond donors (Lipinski definition) is 2. The summed E-state index contributed by atoms with van der Waals surface area (Å²) in [6.45, 7) is 6.18. The molecule has 0 fully saturated rings. The van der Waals surface area contributed by atoms with E-state index in [4.69, 9.17) is 15.2 Å². The molecular formula is C25H32FN5O2. The number of aliphatic imine (C=N–C) groups is 1. The standard InChI is InChI=1S/C14H18N2O2.C6H6FN.C5H8N2/c1-3-15-14-13(18-8-7-16-14)10-11-5-4-6-12(9-11)17-2;7-5-1-3-6(8)4-2-5;1-5-3-7(2)4-6-5/h4-6,9-10H,3,7-8H2,1-2H3,(H,15,16);1-4H,8H2;3-4H,1-2H3/b13-10-;;. The minimum absolute atomic E-state index is 0.251. The summed E-state index contributed by atoms with van der Waals surface area (Å²) in [5.74, 6) is 2.20. The fourth-order valence-electron chi connectivity index (χ4n) is 2.77. The van der Waals surface area contributed by atoms with Gasteiger partial charge in [0.2, 0.25) is 0 Å². The largest absolute Gasteiger partial charge is 0.497 e. The molecule has 7 nitrogen and oxygen atoms in total. The molecule has 3 N–H and O–H groups in total. The SMILES string of the molecule is CCNC1=NCCO/C1=C\c1cccc(OC)c1.Cc1cn(C)cn1.Nc1ccc(F)cc1. The number of methoxy groups -OCH3 is 1. The maximum atomic E-state index is 12.0. The molecule has 0 bridgehead atoms. The van der Waals surface area contributed by atoms with E-state index in [1.54, 1.807) is 13.4 Å². The molecule has 1 aliphatic rings. The molecule has 2 aromatic carbocycles. The van der Waals surface area contributed by atoms with Crippen LogP contribution in [0.15, 0.2) is 71.8 Å². The Bertz CT molecular complexity index is 1010. The van der Waals surface area contributed by atoms with Crippen molar-refractivity contribution in [2.75, 3.05) is 32.5 Å². The summed E-state index contributed by atoms with van der Waals surface area (Å²) in [4.78, 5) is 8.40. The molecule has 2 heterocycles. The lowest BCUT2D eigenvalue weighted by atomic mass is 10.2. The van der Waals surface area contributed by atoms with Crippen molar-refractivity contribution in [3.05, 3.63) is 83.9 Å². The molecule has 0 saturated heterocycles. The number of imidazole rings is 1. The molecule has 1 aliphatic heterocycles. The van der Waals surface area contributed by atoms with E-state index < -0.39 is 0 Å². The molecule has 0 unspecified atom stereocenters. The van der Waals surface area contributed by atoms with Gasteiger partial charge in [0.15, 0.2) is 11.6 Å². The molecule has 0 spiro atoms. The number of ether oxygens (including phenoxy) is 2.